The maximum Gasteiger partial charge on any atom is 0.263 e. The van der Waals surface area contributed by atoms with Gasteiger partial charge in [0.15, 0.2) is 5.16 Å². The van der Waals surface area contributed by atoms with Crippen LogP contribution in [-0.4, -0.2) is 20.7 Å². The Kier molecular flexibility index (Phi) is 6.81. The van der Waals surface area contributed by atoms with Crippen LogP contribution in [0.4, 0.5) is 5.69 Å². The van der Waals surface area contributed by atoms with E-state index in [2.05, 4.69) is 11.9 Å². The van der Waals surface area contributed by atoms with Crippen molar-refractivity contribution in [2.75, 3.05) is 5.32 Å². The summed E-state index contributed by atoms with van der Waals surface area (Å²) >= 11 is 2.72. The minimum Gasteiger partial charge on any atom is -0.325 e. The molecule has 0 fully saturated rings. The Morgan fingerprint density at radius 1 is 1.21 bits per heavy atom. The number of anilines is 1. The minimum absolute atomic E-state index is 0.121. The van der Waals surface area contributed by atoms with Crippen LogP contribution in [0.1, 0.15) is 18.1 Å². The molecule has 0 aliphatic heterocycles. The molecule has 168 valence electrons. The van der Waals surface area contributed by atoms with Crippen LogP contribution in [0, 0.1) is 13.8 Å². The Balaban J connectivity index is 1.68. The third-order valence-corrected chi connectivity index (χ3v) is 7.53. The lowest BCUT2D eigenvalue weighted by molar-refractivity contribution is -0.115. The monoisotopic (exact) mass is 475 g/mol. The lowest BCUT2D eigenvalue weighted by Gasteiger charge is -2.16. The van der Waals surface area contributed by atoms with E-state index in [1.54, 1.807) is 10.6 Å². The number of aryl methyl sites for hydroxylation is 1. The van der Waals surface area contributed by atoms with Crippen molar-refractivity contribution in [2.45, 2.75) is 37.7 Å². The summed E-state index contributed by atoms with van der Waals surface area (Å²) < 4.78 is 1.60. The Morgan fingerprint density at radius 3 is 2.70 bits per heavy atom. The van der Waals surface area contributed by atoms with Gasteiger partial charge in [-0.2, -0.15) is 0 Å². The number of nitrogens with zero attached hydrogens (tertiary/aromatic N) is 2. The quantitative estimate of drug-likeness (QED) is 0.201. The van der Waals surface area contributed by atoms with Gasteiger partial charge in [-0.1, -0.05) is 60.3 Å². The van der Waals surface area contributed by atoms with Crippen LogP contribution >= 0.6 is 23.1 Å². The summed E-state index contributed by atoms with van der Waals surface area (Å²) in [7, 11) is 0. The van der Waals surface area contributed by atoms with Crippen LogP contribution in [0.5, 0.6) is 0 Å². The highest BCUT2D eigenvalue weighted by Crippen LogP contribution is 2.33. The summed E-state index contributed by atoms with van der Waals surface area (Å²) in [5.41, 5.74) is 4.69. The second kappa shape index (κ2) is 9.77. The summed E-state index contributed by atoms with van der Waals surface area (Å²) in [6.45, 7) is 9.95. The van der Waals surface area contributed by atoms with E-state index in [-0.39, 0.29) is 11.5 Å². The van der Waals surface area contributed by atoms with Crippen molar-refractivity contribution in [3.05, 3.63) is 88.0 Å². The van der Waals surface area contributed by atoms with Crippen LogP contribution in [0.2, 0.25) is 0 Å². The van der Waals surface area contributed by atoms with Crippen LogP contribution in [0.3, 0.4) is 0 Å². The van der Waals surface area contributed by atoms with Gasteiger partial charge >= 0.3 is 0 Å². The highest BCUT2D eigenvalue weighted by Gasteiger charge is 2.22. The lowest BCUT2D eigenvalue weighted by Crippen LogP contribution is -2.27. The molecule has 0 aliphatic carbocycles. The number of thioether (sulfide) groups is 1. The van der Waals surface area contributed by atoms with Gasteiger partial charge in [-0.15, -0.1) is 17.9 Å². The molecule has 4 rings (SSSR count). The number of nitrogens with one attached hydrogen (secondary N) is 1. The van der Waals surface area contributed by atoms with Crippen LogP contribution in [0.25, 0.3) is 21.3 Å². The fourth-order valence-corrected chi connectivity index (χ4v) is 5.45. The number of benzene rings is 2. The largest absolute Gasteiger partial charge is 0.325 e. The molecule has 1 atom stereocenters. The Labute approximate surface area is 201 Å². The average Bonchev–Trinajstić information content (AvgIpc) is 3.24. The fourth-order valence-electron chi connectivity index (χ4n) is 3.55. The van der Waals surface area contributed by atoms with E-state index in [1.165, 1.54) is 23.1 Å². The number of allylic oxidation sites excluding steroid dienone is 1. The maximum absolute atomic E-state index is 13.5. The average molecular weight is 476 g/mol. The summed E-state index contributed by atoms with van der Waals surface area (Å²) in [6.07, 6.45) is 1.67. The number of aromatic nitrogens is 2. The van der Waals surface area contributed by atoms with Crippen molar-refractivity contribution < 1.29 is 4.79 Å². The third-order valence-electron chi connectivity index (χ3n) is 5.57. The predicted octanol–water partition coefficient (Wildman–Crippen LogP) is 6.05. The van der Waals surface area contributed by atoms with Crippen molar-refractivity contribution in [2.24, 2.45) is 0 Å². The molecule has 33 heavy (non-hydrogen) atoms. The van der Waals surface area contributed by atoms with Crippen molar-refractivity contribution in [3.63, 3.8) is 0 Å². The molecule has 0 saturated carbocycles. The van der Waals surface area contributed by atoms with Crippen LogP contribution in [0.15, 0.2) is 76.5 Å². The predicted molar refractivity (Wildman–Crippen MR) is 139 cm³/mol. The number of carbonyl (C=O) groups is 1. The summed E-state index contributed by atoms with van der Waals surface area (Å²) in [5.74, 6) is -0.135. The van der Waals surface area contributed by atoms with E-state index in [1.807, 2.05) is 74.7 Å². The summed E-state index contributed by atoms with van der Waals surface area (Å²) in [6, 6.07) is 15.7. The normalized spacial score (nSPS) is 12.0. The highest BCUT2D eigenvalue weighted by molar-refractivity contribution is 8.00. The summed E-state index contributed by atoms with van der Waals surface area (Å²) in [5, 5.41) is 5.65. The van der Waals surface area contributed by atoms with Crippen molar-refractivity contribution in [1.29, 1.82) is 0 Å². The molecule has 1 amide bonds. The third kappa shape index (κ3) is 4.65. The molecule has 5 nitrogen and oxygen atoms in total. The van der Waals surface area contributed by atoms with Crippen molar-refractivity contribution in [3.8, 4) is 11.1 Å². The first kappa shape index (κ1) is 23.0. The first-order valence-electron chi connectivity index (χ1n) is 10.6. The van der Waals surface area contributed by atoms with Crippen LogP contribution in [-0.2, 0) is 11.3 Å². The van der Waals surface area contributed by atoms with Gasteiger partial charge in [0.2, 0.25) is 5.91 Å². The molecule has 0 bridgehead atoms. The molecule has 1 N–H and O–H groups in total. The van der Waals surface area contributed by atoms with Gasteiger partial charge in [-0.3, -0.25) is 14.2 Å². The number of amides is 1. The molecular formula is C26H25N3O2S2. The van der Waals surface area contributed by atoms with Gasteiger partial charge in [-0.25, -0.2) is 4.98 Å². The molecule has 0 spiro atoms. The highest BCUT2D eigenvalue weighted by atomic mass is 32.2. The molecule has 1 unspecified atom stereocenters. The second-order valence-electron chi connectivity index (χ2n) is 7.79. The molecule has 7 heteroatoms. The van der Waals surface area contributed by atoms with E-state index in [0.717, 1.165) is 27.9 Å². The Hall–Kier alpha value is -3.16. The summed E-state index contributed by atoms with van der Waals surface area (Å²) in [4.78, 5) is 31.9. The standard InChI is InChI=1S/C26H25N3O2S2/c1-5-14-29-25(31)22-20(19-11-7-6-8-12-19)15-32-24(22)28-26(29)33-18(4)23(30)27-21-13-9-10-16(2)17(21)3/h5-13,15,18H,1,14H2,2-4H3,(H,27,30). The number of hydrogen-bond donors (Lipinski definition) is 1. The number of thiophene rings is 1. The van der Waals surface area contributed by atoms with Crippen molar-refractivity contribution >= 4 is 44.9 Å². The first-order chi connectivity index (χ1) is 15.9. The molecule has 0 saturated heterocycles. The molecule has 0 radical (unpaired) electrons. The first-order valence-corrected chi connectivity index (χ1v) is 12.4. The second-order valence-corrected chi connectivity index (χ2v) is 9.96. The van der Waals surface area contributed by atoms with Gasteiger partial charge in [0, 0.05) is 23.2 Å². The topological polar surface area (TPSA) is 64.0 Å². The van der Waals surface area contributed by atoms with E-state index < -0.39 is 5.25 Å². The smallest absolute Gasteiger partial charge is 0.263 e. The zero-order valence-corrected chi connectivity index (χ0v) is 20.4. The van der Waals surface area contributed by atoms with E-state index in [0.29, 0.717) is 21.9 Å². The molecule has 2 heterocycles. The Bertz CT molecular complexity index is 1390. The fraction of sp³-hybridized carbons (Fsp3) is 0.192. The van der Waals surface area contributed by atoms with E-state index >= 15 is 0 Å². The number of rotatable bonds is 7. The maximum atomic E-state index is 13.5. The molecule has 2 aromatic heterocycles. The molecule has 4 aromatic rings. The van der Waals surface area contributed by atoms with Crippen molar-refractivity contribution in [1.82, 2.24) is 9.55 Å². The zero-order valence-electron chi connectivity index (χ0n) is 18.8. The minimum atomic E-state index is -0.445. The van der Waals surface area contributed by atoms with Gasteiger partial charge in [-0.05, 0) is 43.5 Å². The molecule has 0 aliphatic rings. The molecular weight excluding hydrogens is 450 g/mol. The van der Waals surface area contributed by atoms with Crippen LogP contribution < -0.4 is 10.9 Å². The zero-order chi connectivity index (χ0) is 23.5. The molecule has 2 aromatic carbocycles. The van der Waals surface area contributed by atoms with Gasteiger partial charge in [0.05, 0.1) is 10.6 Å². The lowest BCUT2D eigenvalue weighted by atomic mass is 10.1. The van der Waals surface area contributed by atoms with Gasteiger partial charge in [0.25, 0.3) is 5.56 Å². The SMILES string of the molecule is C=CCn1c(SC(C)C(=O)Nc2cccc(C)c2C)nc2scc(-c3ccccc3)c2c1=O. The number of carbonyl (C=O) groups excluding carboxylic acids is 1. The number of fused-ring (bicyclic) bond motifs is 1. The van der Waals surface area contributed by atoms with Gasteiger partial charge < -0.3 is 5.32 Å². The van der Waals surface area contributed by atoms with Gasteiger partial charge in [0.1, 0.15) is 4.83 Å². The van der Waals surface area contributed by atoms with E-state index in [9.17, 15) is 9.59 Å². The number of hydrogen-bond acceptors (Lipinski definition) is 5. The van der Waals surface area contributed by atoms with E-state index in [4.69, 9.17) is 4.98 Å². The Morgan fingerprint density at radius 2 is 1.97 bits per heavy atom.